The first-order chi connectivity index (χ1) is 6.15. The predicted molar refractivity (Wildman–Crippen MR) is 51.5 cm³/mol. The molecule has 1 aromatic carbocycles. The molecule has 0 aromatic heterocycles. The van der Waals surface area contributed by atoms with E-state index in [2.05, 4.69) is 0 Å². The standard InChI is InChI=1S/C9H12ClNO2/c10-7-3-1-2-6(4-7)9(13)8(12)5-11/h1-4,8-9,12-13H,5,11H2. The number of aliphatic hydroxyl groups excluding tert-OH is 2. The molecule has 4 heteroatoms. The second-order valence-electron chi connectivity index (χ2n) is 2.80. The van der Waals surface area contributed by atoms with Gasteiger partial charge in [0.25, 0.3) is 0 Å². The van der Waals surface area contributed by atoms with Crippen LogP contribution in [-0.4, -0.2) is 22.9 Å². The molecular weight excluding hydrogens is 190 g/mol. The van der Waals surface area contributed by atoms with E-state index >= 15 is 0 Å². The van der Waals surface area contributed by atoms with E-state index in [9.17, 15) is 10.2 Å². The summed E-state index contributed by atoms with van der Waals surface area (Å²) >= 11 is 5.71. The molecule has 0 spiro atoms. The van der Waals surface area contributed by atoms with Gasteiger partial charge in [0.2, 0.25) is 0 Å². The Morgan fingerprint density at radius 1 is 1.38 bits per heavy atom. The zero-order valence-corrected chi connectivity index (χ0v) is 7.78. The Hall–Kier alpha value is -0.610. The minimum absolute atomic E-state index is 0.0215. The van der Waals surface area contributed by atoms with Gasteiger partial charge in [-0.2, -0.15) is 0 Å². The third-order valence-corrected chi connectivity index (χ3v) is 2.03. The molecule has 0 aliphatic carbocycles. The molecule has 0 amide bonds. The Balaban J connectivity index is 2.82. The number of hydrogen-bond donors (Lipinski definition) is 3. The lowest BCUT2D eigenvalue weighted by molar-refractivity contribution is 0.0243. The molecule has 0 aliphatic heterocycles. The molecule has 3 nitrogen and oxygen atoms in total. The summed E-state index contributed by atoms with van der Waals surface area (Å²) in [6.45, 7) is 0.0215. The summed E-state index contributed by atoms with van der Waals surface area (Å²) in [6.07, 6.45) is -1.91. The van der Waals surface area contributed by atoms with E-state index < -0.39 is 12.2 Å². The van der Waals surface area contributed by atoms with Crippen LogP contribution in [-0.2, 0) is 0 Å². The van der Waals surface area contributed by atoms with Crippen LogP contribution in [0.5, 0.6) is 0 Å². The Labute approximate surface area is 81.8 Å². The van der Waals surface area contributed by atoms with E-state index in [4.69, 9.17) is 17.3 Å². The molecule has 1 rings (SSSR count). The number of aliphatic hydroxyl groups is 2. The van der Waals surface area contributed by atoms with Crippen molar-refractivity contribution in [3.05, 3.63) is 34.9 Å². The van der Waals surface area contributed by atoms with Gasteiger partial charge < -0.3 is 15.9 Å². The van der Waals surface area contributed by atoms with Gasteiger partial charge in [-0.3, -0.25) is 0 Å². The van der Waals surface area contributed by atoms with Crippen molar-refractivity contribution in [3.63, 3.8) is 0 Å². The second kappa shape index (κ2) is 4.58. The third kappa shape index (κ3) is 2.67. The van der Waals surface area contributed by atoms with Gasteiger partial charge in [-0.15, -0.1) is 0 Å². The minimum atomic E-state index is -0.969. The van der Waals surface area contributed by atoms with Crippen molar-refractivity contribution >= 4 is 11.6 Å². The number of rotatable bonds is 3. The molecule has 0 heterocycles. The van der Waals surface area contributed by atoms with Crippen LogP contribution >= 0.6 is 11.6 Å². The van der Waals surface area contributed by atoms with Crippen LogP contribution in [0, 0.1) is 0 Å². The Kier molecular flexibility index (Phi) is 3.69. The van der Waals surface area contributed by atoms with Gasteiger partial charge in [0, 0.05) is 11.6 Å². The molecule has 0 radical (unpaired) electrons. The van der Waals surface area contributed by atoms with Crippen LogP contribution in [0.4, 0.5) is 0 Å². The predicted octanol–water partition coefficient (Wildman–Crippen LogP) is 0.693. The minimum Gasteiger partial charge on any atom is -0.389 e. The van der Waals surface area contributed by atoms with E-state index in [0.717, 1.165) is 0 Å². The smallest absolute Gasteiger partial charge is 0.106 e. The van der Waals surface area contributed by atoms with Gasteiger partial charge in [-0.05, 0) is 17.7 Å². The summed E-state index contributed by atoms with van der Waals surface area (Å²) in [7, 11) is 0. The topological polar surface area (TPSA) is 66.5 Å². The molecule has 0 bridgehead atoms. The lowest BCUT2D eigenvalue weighted by atomic mass is 10.0. The first kappa shape index (κ1) is 10.5. The third-order valence-electron chi connectivity index (χ3n) is 1.80. The largest absolute Gasteiger partial charge is 0.389 e. The van der Waals surface area contributed by atoms with Crippen molar-refractivity contribution in [1.29, 1.82) is 0 Å². The van der Waals surface area contributed by atoms with Gasteiger partial charge >= 0.3 is 0 Å². The number of benzene rings is 1. The van der Waals surface area contributed by atoms with Crippen LogP contribution in [0.25, 0.3) is 0 Å². The number of halogens is 1. The maximum Gasteiger partial charge on any atom is 0.106 e. The SMILES string of the molecule is NCC(O)C(O)c1cccc(Cl)c1. The highest BCUT2D eigenvalue weighted by Crippen LogP contribution is 2.19. The van der Waals surface area contributed by atoms with Crippen molar-refractivity contribution in [2.24, 2.45) is 5.73 Å². The van der Waals surface area contributed by atoms with E-state index in [0.29, 0.717) is 10.6 Å². The Morgan fingerprint density at radius 3 is 2.62 bits per heavy atom. The molecular formula is C9H12ClNO2. The van der Waals surface area contributed by atoms with Gasteiger partial charge in [0.15, 0.2) is 0 Å². The first-order valence-electron chi connectivity index (χ1n) is 3.97. The first-order valence-corrected chi connectivity index (χ1v) is 4.34. The highest BCUT2D eigenvalue weighted by molar-refractivity contribution is 6.30. The molecule has 2 atom stereocenters. The molecule has 1 aromatic rings. The normalized spacial score (nSPS) is 15.4. The molecule has 72 valence electrons. The monoisotopic (exact) mass is 201 g/mol. The molecule has 13 heavy (non-hydrogen) atoms. The van der Waals surface area contributed by atoms with E-state index in [1.807, 2.05) is 0 Å². The second-order valence-corrected chi connectivity index (χ2v) is 3.24. The van der Waals surface area contributed by atoms with Crippen molar-refractivity contribution in [2.75, 3.05) is 6.54 Å². The number of nitrogens with two attached hydrogens (primary N) is 1. The lowest BCUT2D eigenvalue weighted by Crippen LogP contribution is -2.27. The van der Waals surface area contributed by atoms with Gasteiger partial charge in [0.05, 0.1) is 6.10 Å². The fraction of sp³-hybridized carbons (Fsp3) is 0.333. The fourth-order valence-corrected chi connectivity index (χ4v) is 1.24. The molecule has 0 saturated heterocycles. The highest BCUT2D eigenvalue weighted by atomic mass is 35.5. The zero-order chi connectivity index (χ0) is 9.84. The van der Waals surface area contributed by atoms with Crippen LogP contribution in [0.2, 0.25) is 5.02 Å². The quantitative estimate of drug-likeness (QED) is 0.674. The average Bonchev–Trinajstić information content (AvgIpc) is 2.15. The fourth-order valence-electron chi connectivity index (χ4n) is 1.04. The summed E-state index contributed by atoms with van der Waals surface area (Å²) in [6, 6.07) is 6.71. The molecule has 2 unspecified atom stereocenters. The maximum absolute atomic E-state index is 9.52. The van der Waals surface area contributed by atoms with E-state index in [-0.39, 0.29) is 6.54 Å². The Bertz CT molecular complexity index is 280. The molecule has 0 aliphatic rings. The summed E-state index contributed by atoms with van der Waals surface area (Å²) < 4.78 is 0. The zero-order valence-electron chi connectivity index (χ0n) is 7.02. The van der Waals surface area contributed by atoms with Crippen LogP contribution in [0.1, 0.15) is 11.7 Å². The van der Waals surface area contributed by atoms with Gasteiger partial charge in [-0.1, -0.05) is 23.7 Å². The summed E-state index contributed by atoms with van der Waals surface area (Å²) in [4.78, 5) is 0. The Morgan fingerprint density at radius 2 is 2.08 bits per heavy atom. The summed E-state index contributed by atoms with van der Waals surface area (Å²) in [5.41, 5.74) is 5.78. The average molecular weight is 202 g/mol. The molecule has 4 N–H and O–H groups in total. The molecule has 0 fully saturated rings. The summed E-state index contributed by atoms with van der Waals surface area (Å²) in [5.74, 6) is 0. The lowest BCUT2D eigenvalue weighted by Gasteiger charge is -2.16. The van der Waals surface area contributed by atoms with E-state index in [1.165, 1.54) is 0 Å². The highest BCUT2D eigenvalue weighted by Gasteiger charge is 2.16. The van der Waals surface area contributed by atoms with Gasteiger partial charge in [0.1, 0.15) is 6.10 Å². The van der Waals surface area contributed by atoms with Crippen molar-refractivity contribution in [1.82, 2.24) is 0 Å². The van der Waals surface area contributed by atoms with Crippen molar-refractivity contribution in [3.8, 4) is 0 Å². The number of hydrogen-bond acceptors (Lipinski definition) is 3. The van der Waals surface area contributed by atoms with Crippen LogP contribution in [0.15, 0.2) is 24.3 Å². The van der Waals surface area contributed by atoms with E-state index in [1.54, 1.807) is 24.3 Å². The maximum atomic E-state index is 9.52. The molecule has 0 saturated carbocycles. The van der Waals surface area contributed by atoms with Crippen LogP contribution in [0.3, 0.4) is 0 Å². The van der Waals surface area contributed by atoms with Gasteiger partial charge in [-0.25, -0.2) is 0 Å². The van der Waals surface area contributed by atoms with Crippen LogP contribution < -0.4 is 5.73 Å². The van der Waals surface area contributed by atoms with Crippen molar-refractivity contribution < 1.29 is 10.2 Å². The summed E-state index contributed by atoms with van der Waals surface area (Å²) in [5, 5.41) is 19.3. The van der Waals surface area contributed by atoms with Crippen molar-refractivity contribution in [2.45, 2.75) is 12.2 Å².